The van der Waals surface area contributed by atoms with Crippen LogP contribution in [0.1, 0.15) is 40.8 Å². The molecule has 0 saturated heterocycles. The molecule has 24 heavy (non-hydrogen) atoms. The number of benzene rings is 1. The van der Waals surface area contributed by atoms with Crippen molar-refractivity contribution in [2.75, 3.05) is 5.32 Å². The van der Waals surface area contributed by atoms with Gasteiger partial charge in [-0.05, 0) is 38.0 Å². The lowest BCUT2D eigenvalue weighted by Crippen LogP contribution is -2.14. The van der Waals surface area contributed by atoms with E-state index in [0.29, 0.717) is 28.6 Å². The second-order valence-electron chi connectivity index (χ2n) is 5.77. The number of H-pyrrole nitrogens is 1. The molecule has 1 aromatic carbocycles. The molecule has 9 heteroatoms. The molecule has 1 aliphatic carbocycles. The standard InChI is InChI=1S/C15H13N5O4/c1-7-13(20(22)23)12(19-18-7)14(21)16-9-4-5-11-10(6-9)17-15(24-11)8-2-3-8/h4-6,8H,2-3H2,1H3,(H,16,21)(H,18,19). The van der Waals surface area contributed by atoms with Crippen LogP contribution in [0.2, 0.25) is 0 Å². The minimum atomic E-state index is -0.656. The highest BCUT2D eigenvalue weighted by Gasteiger charge is 2.29. The van der Waals surface area contributed by atoms with E-state index in [1.54, 1.807) is 18.2 Å². The first-order valence-electron chi connectivity index (χ1n) is 7.44. The van der Waals surface area contributed by atoms with Crippen LogP contribution in [-0.2, 0) is 0 Å². The Morgan fingerprint density at radius 1 is 1.46 bits per heavy atom. The molecule has 0 unspecified atom stereocenters. The van der Waals surface area contributed by atoms with E-state index in [1.165, 1.54) is 6.92 Å². The zero-order chi connectivity index (χ0) is 16.8. The third kappa shape index (κ3) is 2.39. The number of aryl methyl sites for hydroxylation is 1. The molecule has 4 rings (SSSR count). The van der Waals surface area contributed by atoms with Gasteiger partial charge in [-0.2, -0.15) is 5.10 Å². The minimum absolute atomic E-state index is 0.228. The summed E-state index contributed by atoms with van der Waals surface area (Å²) in [7, 11) is 0. The summed E-state index contributed by atoms with van der Waals surface area (Å²) < 4.78 is 5.66. The molecule has 122 valence electrons. The fourth-order valence-corrected chi connectivity index (χ4v) is 2.52. The van der Waals surface area contributed by atoms with Gasteiger partial charge in [-0.15, -0.1) is 0 Å². The molecule has 1 fully saturated rings. The first kappa shape index (κ1) is 14.4. The molecule has 1 amide bonds. The summed E-state index contributed by atoms with van der Waals surface area (Å²) in [6.45, 7) is 1.49. The van der Waals surface area contributed by atoms with Crippen LogP contribution in [0.15, 0.2) is 22.6 Å². The number of rotatable bonds is 4. The fourth-order valence-electron chi connectivity index (χ4n) is 2.52. The van der Waals surface area contributed by atoms with Gasteiger partial charge in [0.2, 0.25) is 5.69 Å². The zero-order valence-corrected chi connectivity index (χ0v) is 12.7. The van der Waals surface area contributed by atoms with E-state index in [4.69, 9.17) is 4.42 Å². The van der Waals surface area contributed by atoms with Gasteiger partial charge in [-0.1, -0.05) is 0 Å². The van der Waals surface area contributed by atoms with E-state index in [2.05, 4.69) is 20.5 Å². The number of aromatic amines is 1. The van der Waals surface area contributed by atoms with Crippen LogP contribution in [0.4, 0.5) is 11.4 Å². The van der Waals surface area contributed by atoms with E-state index in [1.807, 2.05) is 0 Å². The molecule has 2 aromatic heterocycles. The van der Waals surface area contributed by atoms with E-state index >= 15 is 0 Å². The average Bonchev–Trinajstić information content (AvgIpc) is 3.18. The van der Waals surface area contributed by atoms with Crippen molar-refractivity contribution in [1.82, 2.24) is 15.2 Å². The quantitative estimate of drug-likeness (QED) is 0.560. The summed E-state index contributed by atoms with van der Waals surface area (Å²) in [5.74, 6) is 0.452. The number of fused-ring (bicyclic) bond motifs is 1. The summed E-state index contributed by atoms with van der Waals surface area (Å²) in [6, 6.07) is 5.05. The van der Waals surface area contributed by atoms with Gasteiger partial charge in [-0.3, -0.25) is 20.0 Å². The number of nitrogens with zero attached hydrogens (tertiary/aromatic N) is 3. The number of carbonyl (C=O) groups is 1. The van der Waals surface area contributed by atoms with Gasteiger partial charge in [0, 0.05) is 11.6 Å². The van der Waals surface area contributed by atoms with Crippen molar-refractivity contribution in [3.63, 3.8) is 0 Å². The van der Waals surface area contributed by atoms with Crippen LogP contribution in [0.25, 0.3) is 11.1 Å². The predicted octanol–water partition coefficient (Wildman–Crippen LogP) is 2.90. The van der Waals surface area contributed by atoms with Crippen LogP contribution in [-0.4, -0.2) is 26.0 Å². The Labute approximate surface area is 135 Å². The second kappa shape index (κ2) is 5.15. The van der Waals surface area contributed by atoms with Crippen LogP contribution < -0.4 is 5.32 Å². The molecule has 0 bridgehead atoms. The van der Waals surface area contributed by atoms with Crippen molar-refractivity contribution >= 4 is 28.4 Å². The molecule has 2 heterocycles. The molecule has 9 nitrogen and oxygen atoms in total. The largest absolute Gasteiger partial charge is 0.440 e. The van der Waals surface area contributed by atoms with Crippen molar-refractivity contribution < 1.29 is 14.1 Å². The van der Waals surface area contributed by atoms with Gasteiger partial charge < -0.3 is 9.73 Å². The Balaban J connectivity index is 1.61. The average molecular weight is 327 g/mol. The van der Waals surface area contributed by atoms with Crippen molar-refractivity contribution in [2.24, 2.45) is 0 Å². The Kier molecular flexibility index (Phi) is 3.08. The normalized spacial score (nSPS) is 14.0. The minimum Gasteiger partial charge on any atom is -0.440 e. The van der Waals surface area contributed by atoms with Gasteiger partial charge in [0.05, 0.1) is 4.92 Å². The first-order chi connectivity index (χ1) is 11.5. The van der Waals surface area contributed by atoms with Gasteiger partial charge in [0.15, 0.2) is 11.5 Å². The molecule has 0 radical (unpaired) electrons. The Hall–Kier alpha value is -3.23. The van der Waals surface area contributed by atoms with Crippen molar-refractivity contribution in [3.05, 3.63) is 45.6 Å². The number of anilines is 1. The van der Waals surface area contributed by atoms with E-state index in [9.17, 15) is 14.9 Å². The van der Waals surface area contributed by atoms with E-state index < -0.39 is 10.8 Å². The predicted molar refractivity (Wildman–Crippen MR) is 83.9 cm³/mol. The molecular formula is C15H13N5O4. The topological polar surface area (TPSA) is 127 Å². The van der Waals surface area contributed by atoms with Crippen molar-refractivity contribution in [1.29, 1.82) is 0 Å². The highest BCUT2D eigenvalue weighted by atomic mass is 16.6. The molecular weight excluding hydrogens is 314 g/mol. The van der Waals surface area contributed by atoms with Crippen LogP contribution in [0.5, 0.6) is 0 Å². The van der Waals surface area contributed by atoms with Crippen molar-refractivity contribution in [3.8, 4) is 0 Å². The molecule has 0 atom stereocenters. The number of carbonyl (C=O) groups excluding carboxylic acids is 1. The lowest BCUT2D eigenvalue weighted by atomic mass is 10.2. The van der Waals surface area contributed by atoms with Gasteiger partial charge in [-0.25, -0.2) is 4.98 Å². The molecule has 0 aliphatic heterocycles. The molecule has 3 aromatic rings. The summed E-state index contributed by atoms with van der Waals surface area (Å²) in [6.07, 6.45) is 2.16. The monoisotopic (exact) mass is 327 g/mol. The SMILES string of the molecule is Cc1[nH]nc(C(=O)Nc2ccc3oc(C4CC4)nc3c2)c1[N+](=O)[O-]. The van der Waals surface area contributed by atoms with Gasteiger partial charge in [0.25, 0.3) is 5.91 Å². The summed E-state index contributed by atoms with van der Waals surface area (Å²) >= 11 is 0. The zero-order valence-electron chi connectivity index (χ0n) is 12.7. The third-order valence-electron chi connectivity index (χ3n) is 3.90. The number of hydrogen-bond donors (Lipinski definition) is 2. The summed E-state index contributed by atoms with van der Waals surface area (Å²) in [5, 5.41) is 19.8. The fraction of sp³-hybridized carbons (Fsp3) is 0.267. The van der Waals surface area contributed by atoms with Gasteiger partial charge in [0.1, 0.15) is 11.2 Å². The van der Waals surface area contributed by atoms with E-state index in [0.717, 1.165) is 12.8 Å². The highest BCUT2D eigenvalue weighted by Crippen LogP contribution is 2.40. The second-order valence-corrected chi connectivity index (χ2v) is 5.77. The number of aromatic nitrogens is 3. The Morgan fingerprint density at radius 2 is 2.25 bits per heavy atom. The number of nitrogens with one attached hydrogen (secondary N) is 2. The van der Waals surface area contributed by atoms with Crippen LogP contribution >= 0.6 is 0 Å². The number of amides is 1. The van der Waals surface area contributed by atoms with E-state index in [-0.39, 0.29) is 17.1 Å². The summed E-state index contributed by atoms with van der Waals surface area (Å²) in [5.41, 5.74) is 1.41. The third-order valence-corrected chi connectivity index (χ3v) is 3.90. The molecule has 1 saturated carbocycles. The maximum absolute atomic E-state index is 12.3. The lowest BCUT2D eigenvalue weighted by molar-refractivity contribution is -0.385. The number of oxazole rings is 1. The maximum Gasteiger partial charge on any atom is 0.322 e. The lowest BCUT2D eigenvalue weighted by Gasteiger charge is -2.02. The van der Waals surface area contributed by atoms with Crippen molar-refractivity contribution in [2.45, 2.75) is 25.7 Å². The molecule has 0 spiro atoms. The highest BCUT2D eigenvalue weighted by molar-refractivity contribution is 6.06. The number of hydrogen-bond acceptors (Lipinski definition) is 6. The smallest absolute Gasteiger partial charge is 0.322 e. The molecule has 1 aliphatic rings. The Morgan fingerprint density at radius 3 is 2.96 bits per heavy atom. The molecule has 2 N–H and O–H groups in total. The summed E-state index contributed by atoms with van der Waals surface area (Å²) in [4.78, 5) is 27.1. The van der Waals surface area contributed by atoms with Crippen LogP contribution in [0.3, 0.4) is 0 Å². The number of nitro groups is 1. The first-order valence-corrected chi connectivity index (χ1v) is 7.44. The van der Waals surface area contributed by atoms with Gasteiger partial charge >= 0.3 is 5.69 Å². The Bertz CT molecular complexity index is 970. The van der Waals surface area contributed by atoms with Crippen LogP contribution in [0, 0.1) is 17.0 Å². The maximum atomic E-state index is 12.3.